The van der Waals surface area contributed by atoms with Crippen LogP contribution in [0.25, 0.3) is 10.4 Å². The number of aromatic nitrogens is 1. The Kier molecular flexibility index (Phi) is 7.96. The number of nitriles is 1. The van der Waals surface area contributed by atoms with Gasteiger partial charge in [-0.2, -0.15) is 5.26 Å². The Morgan fingerprint density at radius 1 is 1.24 bits per heavy atom. The average molecular weight is 540 g/mol. The first-order valence-corrected chi connectivity index (χ1v) is 13.9. The van der Waals surface area contributed by atoms with Crippen molar-refractivity contribution in [3.63, 3.8) is 0 Å². The van der Waals surface area contributed by atoms with E-state index >= 15 is 0 Å². The summed E-state index contributed by atoms with van der Waals surface area (Å²) in [6, 6.07) is 8.25. The normalized spacial score (nSPS) is 23.2. The van der Waals surface area contributed by atoms with Crippen molar-refractivity contribution in [2.45, 2.75) is 84.3 Å². The number of nitrogens with one attached hydrogen (secondary N) is 2. The lowest BCUT2D eigenvalue weighted by atomic mass is 9.84. The number of nitrogens with zero attached hydrogens (tertiary/aromatic N) is 3. The van der Waals surface area contributed by atoms with Gasteiger partial charge in [0, 0.05) is 6.54 Å². The number of rotatable bonds is 8. The van der Waals surface area contributed by atoms with Gasteiger partial charge < -0.3 is 20.8 Å². The third-order valence-corrected chi connectivity index (χ3v) is 8.63. The maximum Gasteiger partial charge on any atom is 0.240 e. The van der Waals surface area contributed by atoms with Gasteiger partial charge in [0.2, 0.25) is 11.8 Å². The number of amides is 2. The van der Waals surface area contributed by atoms with E-state index in [1.54, 1.807) is 16.2 Å². The van der Waals surface area contributed by atoms with Gasteiger partial charge in [-0.25, -0.2) is 4.98 Å². The molecule has 5 atom stereocenters. The van der Waals surface area contributed by atoms with Gasteiger partial charge in [0.1, 0.15) is 11.6 Å². The molecule has 0 spiro atoms. The molecule has 0 radical (unpaired) electrons. The number of aryl methyl sites for hydroxylation is 1. The van der Waals surface area contributed by atoms with Crippen molar-refractivity contribution in [2.24, 2.45) is 10.8 Å². The van der Waals surface area contributed by atoms with Gasteiger partial charge in [0.15, 0.2) is 0 Å². The van der Waals surface area contributed by atoms with E-state index in [-0.39, 0.29) is 24.9 Å². The number of hydrogen-bond acceptors (Lipinski definition) is 8. The fourth-order valence-electron chi connectivity index (χ4n) is 5.01. The van der Waals surface area contributed by atoms with Gasteiger partial charge in [-0.1, -0.05) is 45.0 Å². The summed E-state index contributed by atoms with van der Waals surface area (Å²) in [4.78, 5) is 33.2. The number of β-amino-alcohol motifs (C(OH)–C–C–N with tert-alkyl or cyclic N) is 1. The number of thiazole rings is 1. The molecule has 4 N–H and O–H groups in total. The van der Waals surface area contributed by atoms with Gasteiger partial charge in [-0.05, 0) is 49.7 Å². The van der Waals surface area contributed by atoms with Crippen LogP contribution < -0.4 is 10.6 Å². The quantitative estimate of drug-likeness (QED) is 0.405. The molecule has 2 heterocycles. The lowest BCUT2D eigenvalue weighted by molar-refractivity contribution is -0.136. The number of carbonyl (C=O) groups is 2. The molecule has 10 heteroatoms. The fraction of sp³-hybridized carbons (Fsp3) is 0.571. The summed E-state index contributed by atoms with van der Waals surface area (Å²) in [6.45, 7) is 9.62. The van der Waals surface area contributed by atoms with Gasteiger partial charge in [-0.3, -0.25) is 14.5 Å². The first kappa shape index (κ1) is 28.2. The number of aliphatic hydroxyl groups excluding tert-OH is 2. The Labute approximate surface area is 227 Å². The van der Waals surface area contributed by atoms with E-state index in [1.807, 2.05) is 64.4 Å². The maximum atomic E-state index is 13.4. The molecule has 4 rings (SSSR count). The Balaban J connectivity index is 1.46. The van der Waals surface area contributed by atoms with Crippen molar-refractivity contribution in [1.29, 1.82) is 5.26 Å². The van der Waals surface area contributed by atoms with Crippen LogP contribution in [0.5, 0.6) is 0 Å². The largest absolute Gasteiger partial charge is 0.392 e. The van der Waals surface area contributed by atoms with Crippen LogP contribution in [-0.4, -0.2) is 62.9 Å². The molecule has 1 aliphatic carbocycles. The molecule has 2 amide bonds. The fourth-order valence-corrected chi connectivity index (χ4v) is 5.82. The zero-order chi connectivity index (χ0) is 27.8. The molecule has 1 aromatic heterocycles. The molecule has 1 saturated heterocycles. The Bertz CT molecular complexity index is 1210. The minimum absolute atomic E-state index is 0.0996. The van der Waals surface area contributed by atoms with E-state index in [4.69, 9.17) is 0 Å². The van der Waals surface area contributed by atoms with Crippen LogP contribution in [0.1, 0.15) is 64.3 Å². The van der Waals surface area contributed by atoms with Crippen LogP contribution in [-0.2, 0) is 9.59 Å². The maximum absolute atomic E-state index is 13.4. The number of likely N-dealkylation sites (tertiary alicyclic amines) is 1. The van der Waals surface area contributed by atoms with Crippen LogP contribution in [0.15, 0.2) is 29.8 Å². The van der Waals surface area contributed by atoms with Crippen molar-refractivity contribution in [2.75, 3.05) is 6.54 Å². The van der Waals surface area contributed by atoms with Crippen LogP contribution in [0.3, 0.4) is 0 Å². The molecule has 1 aliphatic heterocycles. The van der Waals surface area contributed by atoms with Crippen molar-refractivity contribution in [3.8, 4) is 16.5 Å². The van der Waals surface area contributed by atoms with Crippen molar-refractivity contribution in [3.05, 3.63) is 41.0 Å². The molecular weight excluding hydrogens is 502 g/mol. The Morgan fingerprint density at radius 2 is 1.89 bits per heavy atom. The summed E-state index contributed by atoms with van der Waals surface area (Å²) in [5, 5.41) is 37.2. The van der Waals surface area contributed by atoms with Crippen molar-refractivity contribution < 1.29 is 19.8 Å². The molecule has 1 unspecified atom stereocenters. The topological polar surface area (TPSA) is 139 Å². The van der Waals surface area contributed by atoms with Crippen LogP contribution >= 0.6 is 11.3 Å². The second-order valence-electron chi connectivity index (χ2n) is 11.6. The molecule has 1 aromatic carbocycles. The van der Waals surface area contributed by atoms with E-state index in [0.29, 0.717) is 12.8 Å². The Hall–Kier alpha value is -2.84. The molecule has 2 fully saturated rings. The highest BCUT2D eigenvalue weighted by molar-refractivity contribution is 7.13. The molecule has 2 aromatic rings. The zero-order valence-electron chi connectivity index (χ0n) is 22.6. The standard InChI is InChI=1S/C28H37N5O4S/c1-16(18-6-8-19(9-7-18)22-17(2)30-15-38-22)31-24(35)21-12-20(34)13-33(21)25(36)23(27(3,4)5)32-26(37)28(14-29)10-11-28/h6-9,15-16,20-21,23,25,34,36H,10-13H2,1-5H3,(H,31,35)(H,32,37)/t16-,20+,21-,23+,25?/m0/s1. The highest BCUT2D eigenvalue weighted by Gasteiger charge is 2.53. The number of aliphatic hydroxyl groups is 2. The smallest absolute Gasteiger partial charge is 0.240 e. The molecule has 1 saturated carbocycles. The van der Waals surface area contributed by atoms with Crippen molar-refractivity contribution >= 4 is 23.2 Å². The highest BCUT2D eigenvalue weighted by Crippen LogP contribution is 2.45. The second kappa shape index (κ2) is 10.7. The molecule has 204 valence electrons. The molecule has 2 aliphatic rings. The predicted molar refractivity (Wildman–Crippen MR) is 145 cm³/mol. The van der Waals surface area contributed by atoms with E-state index in [1.165, 1.54) is 0 Å². The van der Waals surface area contributed by atoms with Gasteiger partial charge in [-0.15, -0.1) is 11.3 Å². The number of benzene rings is 1. The summed E-state index contributed by atoms with van der Waals surface area (Å²) >= 11 is 1.58. The molecular formula is C28H37N5O4S. The lowest BCUT2D eigenvalue weighted by Gasteiger charge is -2.41. The molecule has 38 heavy (non-hydrogen) atoms. The minimum atomic E-state index is -1.22. The monoisotopic (exact) mass is 539 g/mol. The van der Waals surface area contributed by atoms with E-state index < -0.39 is 41.2 Å². The SMILES string of the molecule is Cc1ncsc1-c1ccc([C@H](C)NC(=O)[C@@H]2C[C@@H](O)CN2C(O)[C@@H](NC(=O)C2(C#N)CC2)C(C)(C)C)cc1. The summed E-state index contributed by atoms with van der Waals surface area (Å²) in [6.07, 6.45) is -0.843. The van der Waals surface area contributed by atoms with Crippen LogP contribution in [0.4, 0.5) is 0 Å². The summed E-state index contributed by atoms with van der Waals surface area (Å²) in [5.74, 6) is -0.699. The van der Waals surface area contributed by atoms with Gasteiger partial charge >= 0.3 is 0 Å². The minimum Gasteiger partial charge on any atom is -0.392 e. The lowest BCUT2D eigenvalue weighted by Crippen LogP contribution is -2.61. The predicted octanol–water partition coefficient (Wildman–Crippen LogP) is 2.88. The summed E-state index contributed by atoms with van der Waals surface area (Å²) < 4.78 is 0. The van der Waals surface area contributed by atoms with Crippen LogP contribution in [0, 0.1) is 29.1 Å². The van der Waals surface area contributed by atoms with Gasteiger partial charge in [0.05, 0.1) is 46.4 Å². The summed E-state index contributed by atoms with van der Waals surface area (Å²) in [7, 11) is 0. The first-order chi connectivity index (χ1) is 17.9. The van der Waals surface area contributed by atoms with E-state index in [9.17, 15) is 25.1 Å². The number of hydrogen-bond donors (Lipinski definition) is 4. The second-order valence-corrected chi connectivity index (χ2v) is 12.5. The number of carbonyl (C=O) groups excluding carboxylic acids is 2. The van der Waals surface area contributed by atoms with Crippen LogP contribution in [0.2, 0.25) is 0 Å². The molecule has 0 bridgehead atoms. The van der Waals surface area contributed by atoms with E-state index in [2.05, 4.69) is 21.7 Å². The Morgan fingerprint density at radius 3 is 2.42 bits per heavy atom. The average Bonchev–Trinajstić information content (AvgIpc) is 3.40. The first-order valence-electron chi connectivity index (χ1n) is 13.0. The zero-order valence-corrected chi connectivity index (χ0v) is 23.4. The van der Waals surface area contributed by atoms with Gasteiger partial charge in [0.25, 0.3) is 0 Å². The highest BCUT2D eigenvalue weighted by atomic mass is 32.1. The van der Waals surface area contributed by atoms with E-state index in [0.717, 1.165) is 21.7 Å². The third kappa shape index (κ3) is 5.76. The van der Waals surface area contributed by atoms with Crippen molar-refractivity contribution in [1.82, 2.24) is 20.5 Å². The summed E-state index contributed by atoms with van der Waals surface area (Å²) in [5.41, 5.74) is 3.20. The third-order valence-electron chi connectivity index (χ3n) is 7.65. The molecule has 9 nitrogen and oxygen atoms in total.